The molecule has 2 aromatic rings. The van der Waals surface area contributed by atoms with Crippen molar-refractivity contribution >= 4 is 46.7 Å². The molecule has 0 aliphatic carbocycles. The normalized spacial score (nSPS) is 10.0. The Hall–Kier alpha value is -3.17. The fourth-order valence-electron chi connectivity index (χ4n) is 2.46. The largest absolute Gasteiger partial charge is 0.484 e. The van der Waals surface area contributed by atoms with Crippen molar-refractivity contribution in [2.24, 2.45) is 0 Å². The van der Waals surface area contributed by atoms with Gasteiger partial charge in [0.05, 0.1) is 13.0 Å². The second-order valence-electron chi connectivity index (χ2n) is 6.60. The second-order valence-corrected chi connectivity index (χ2v) is 7.45. The minimum atomic E-state index is -0.504. The highest BCUT2D eigenvalue weighted by molar-refractivity contribution is 7.80. The van der Waals surface area contributed by atoms with Crippen molar-refractivity contribution in [3.05, 3.63) is 65.2 Å². The highest BCUT2D eigenvalue weighted by Crippen LogP contribution is 2.15. The summed E-state index contributed by atoms with van der Waals surface area (Å²) < 4.78 is 10.4. The average Bonchev–Trinajstić information content (AvgIpc) is 2.79. The van der Waals surface area contributed by atoms with E-state index in [0.29, 0.717) is 23.8 Å². The van der Waals surface area contributed by atoms with Crippen molar-refractivity contribution in [3.8, 4) is 5.75 Å². The molecule has 0 saturated carbocycles. The molecule has 2 aromatic carbocycles. The maximum absolute atomic E-state index is 11.9. The standard InChI is InChI=1S/C22H24ClN3O5S/c23-17-8-10-18(11-9-17)31-15-20(28)25-26-22(32)24-19(27)12-13-21(29)30-14-4-7-16-5-2-1-3-6-16/h1-3,5-6,8-11H,4,7,12-15H2,(H,25,28)(H2,24,26,27,32). The zero-order valence-corrected chi connectivity index (χ0v) is 18.8. The highest BCUT2D eigenvalue weighted by Gasteiger charge is 2.10. The number of nitrogens with one attached hydrogen (secondary N) is 3. The second kappa shape index (κ2) is 14.0. The van der Waals surface area contributed by atoms with Gasteiger partial charge in [-0.05, 0) is 54.9 Å². The van der Waals surface area contributed by atoms with Gasteiger partial charge in [0, 0.05) is 11.4 Å². The third-order valence-electron chi connectivity index (χ3n) is 4.02. The van der Waals surface area contributed by atoms with Crippen LogP contribution in [-0.4, -0.2) is 36.1 Å². The van der Waals surface area contributed by atoms with Crippen LogP contribution in [-0.2, 0) is 25.5 Å². The molecule has 0 aromatic heterocycles. The molecule has 0 spiro atoms. The van der Waals surface area contributed by atoms with E-state index < -0.39 is 17.8 Å². The molecule has 0 saturated heterocycles. The molecule has 0 aliphatic heterocycles. The van der Waals surface area contributed by atoms with Crippen LogP contribution in [0.3, 0.4) is 0 Å². The summed E-state index contributed by atoms with van der Waals surface area (Å²) in [6.07, 6.45) is 1.36. The fourth-order valence-corrected chi connectivity index (χ4v) is 2.75. The Bertz CT molecular complexity index is 910. The molecular weight excluding hydrogens is 454 g/mol. The zero-order chi connectivity index (χ0) is 23.2. The maximum atomic E-state index is 11.9. The molecule has 0 unspecified atom stereocenters. The molecule has 0 radical (unpaired) electrons. The van der Waals surface area contributed by atoms with E-state index in [0.717, 1.165) is 6.42 Å². The van der Waals surface area contributed by atoms with Crippen LogP contribution in [0.2, 0.25) is 5.02 Å². The molecule has 0 fully saturated rings. The molecule has 0 bridgehead atoms. The molecule has 3 N–H and O–H groups in total. The first kappa shape index (κ1) is 25.1. The number of aryl methyl sites for hydroxylation is 1. The first-order valence-electron chi connectivity index (χ1n) is 9.89. The Labute approximate surface area is 196 Å². The van der Waals surface area contributed by atoms with Gasteiger partial charge in [0.1, 0.15) is 5.75 Å². The minimum Gasteiger partial charge on any atom is -0.484 e. The molecule has 8 nitrogen and oxygen atoms in total. The van der Waals surface area contributed by atoms with Crippen molar-refractivity contribution in [2.75, 3.05) is 13.2 Å². The average molecular weight is 478 g/mol. The predicted octanol–water partition coefficient (Wildman–Crippen LogP) is 2.70. The molecular formula is C22H24ClN3O5S. The summed E-state index contributed by atoms with van der Waals surface area (Å²) >= 11 is 10.7. The van der Waals surface area contributed by atoms with Gasteiger partial charge in [-0.2, -0.15) is 0 Å². The Morgan fingerprint density at radius 3 is 2.34 bits per heavy atom. The number of hydrogen-bond acceptors (Lipinski definition) is 6. The summed E-state index contributed by atoms with van der Waals surface area (Å²) in [7, 11) is 0. The number of ether oxygens (including phenoxy) is 2. The van der Waals surface area contributed by atoms with E-state index in [9.17, 15) is 14.4 Å². The number of hydrogen-bond donors (Lipinski definition) is 3. The van der Waals surface area contributed by atoms with Crippen molar-refractivity contribution in [3.63, 3.8) is 0 Å². The summed E-state index contributed by atoms with van der Waals surface area (Å²) in [4.78, 5) is 35.3. The van der Waals surface area contributed by atoms with Crippen LogP contribution in [0, 0.1) is 0 Å². The van der Waals surface area contributed by atoms with Crippen LogP contribution < -0.4 is 20.9 Å². The molecule has 0 atom stereocenters. The van der Waals surface area contributed by atoms with Gasteiger partial charge in [-0.15, -0.1) is 0 Å². The van der Waals surface area contributed by atoms with Crippen LogP contribution in [0.5, 0.6) is 5.75 Å². The van der Waals surface area contributed by atoms with E-state index in [1.807, 2.05) is 30.3 Å². The fraction of sp³-hybridized carbons (Fsp3) is 0.273. The van der Waals surface area contributed by atoms with Gasteiger partial charge < -0.3 is 14.8 Å². The van der Waals surface area contributed by atoms with Gasteiger partial charge in [0.2, 0.25) is 5.91 Å². The number of carbonyl (C=O) groups is 3. The summed E-state index contributed by atoms with van der Waals surface area (Å²) in [6.45, 7) is 0.0285. The lowest BCUT2D eigenvalue weighted by Gasteiger charge is -2.11. The van der Waals surface area contributed by atoms with Gasteiger partial charge in [-0.3, -0.25) is 25.2 Å². The first-order valence-corrected chi connectivity index (χ1v) is 10.7. The first-order chi connectivity index (χ1) is 15.4. The van der Waals surface area contributed by atoms with E-state index in [4.69, 9.17) is 33.3 Å². The number of carbonyl (C=O) groups excluding carboxylic acids is 3. The number of thiocarbonyl (C=S) groups is 1. The molecule has 2 rings (SSSR count). The summed E-state index contributed by atoms with van der Waals surface area (Å²) in [5, 5.41) is 2.81. The van der Waals surface area contributed by atoms with Gasteiger partial charge >= 0.3 is 5.97 Å². The van der Waals surface area contributed by atoms with Gasteiger partial charge in [-0.1, -0.05) is 41.9 Å². The number of halogens is 1. The summed E-state index contributed by atoms with van der Waals surface area (Å²) in [5.74, 6) is -0.960. The Morgan fingerprint density at radius 1 is 0.906 bits per heavy atom. The van der Waals surface area contributed by atoms with Gasteiger partial charge in [-0.25, -0.2) is 0 Å². The van der Waals surface area contributed by atoms with E-state index in [1.54, 1.807) is 24.3 Å². The molecule has 170 valence electrons. The van der Waals surface area contributed by atoms with E-state index in [1.165, 1.54) is 5.56 Å². The van der Waals surface area contributed by atoms with Gasteiger partial charge in [0.25, 0.3) is 5.91 Å². The van der Waals surface area contributed by atoms with Crippen LogP contribution in [0.1, 0.15) is 24.8 Å². The van der Waals surface area contributed by atoms with Crippen LogP contribution >= 0.6 is 23.8 Å². The number of rotatable bonds is 10. The number of hydrazine groups is 1. The number of amides is 2. The third-order valence-corrected chi connectivity index (χ3v) is 4.48. The lowest BCUT2D eigenvalue weighted by Crippen LogP contribution is -2.49. The molecule has 2 amide bonds. The Kier molecular flexibility index (Phi) is 11.0. The lowest BCUT2D eigenvalue weighted by molar-refractivity contribution is -0.145. The van der Waals surface area contributed by atoms with E-state index in [-0.39, 0.29) is 24.6 Å². The van der Waals surface area contributed by atoms with Crippen LogP contribution in [0.25, 0.3) is 0 Å². The molecule has 10 heteroatoms. The Balaban J connectivity index is 1.52. The molecule has 0 aliphatic rings. The summed E-state index contributed by atoms with van der Waals surface area (Å²) in [5.41, 5.74) is 5.85. The van der Waals surface area contributed by atoms with Gasteiger partial charge in [0.15, 0.2) is 11.7 Å². The highest BCUT2D eigenvalue weighted by atomic mass is 35.5. The van der Waals surface area contributed by atoms with Crippen molar-refractivity contribution in [1.29, 1.82) is 0 Å². The smallest absolute Gasteiger partial charge is 0.306 e. The minimum absolute atomic E-state index is 0.0684. The number of esters is 1. The maximum Gasteiger partial charge on any atom is 0.306 e. The quantitative estimate of drug-likeness (QED) is 0.209. The van der Waals surface area contributed by atoms with Crippen molar-refractivity contribution in [1.82, 2.24) is 16.2 Å². The zero-order valence-electron chi connectivity index (χ0n) is 17.3. The topological polar surface area (TPSA) is 106 Å². The van der Waals surface area contributed by atoms with Crippen molar-refractivity contribution in [2.45, 2.75) is 25.7 Å². The van der Waals surface area contributed by atoms with Crippen LogP contribution in [0.4, 0.5) is 0 Å². The summed E-state index contributed by atoms with van der Waals surface area (Å²) in [6, 6.07) is 16.4. The molecule has 0 heterocycles. The lowest BCUT2D eigenvalue weighted by atomic mass is 10.1. The predicted molar refractivity (Wildman–Crippen MR) is 124 cm³/mol. The molecule has 32 heavy (non-hydrogen) atoms. The SMILES string of the molecule is O=C(COc1ccc(Cl)cc1)NNC(=S)NC(=O)CCC(=O)OCCCc1ccccc1. The monoisotopic (exact) mass is 477 g/mol. The Morgan fingerprint density at radius 2 is 1.62 bits per heavy atom. The van der Waals surface area contributed by atoms with E-state index in [2.05, 4.69) is 16.2 Å². The number of benzene rings is 2. The van der Waals surface area contributed by atoms with Crippen molar-refractivity contribution < 1.29 is 23.9 Å². The van der Waals surface area contributed by atoms with Crippen LogP contribution in [0.15, 0.2) is 54.6 Å². The third kappa shape index (κ3) is 10.7. The van der Waals surface area contributed by atoms with E-state index >= 15 is 0 Å².